The summed E-state index contributed by atoms with van der Waals surface area (Å²) in [6.07, 6.45) is 1.41. The summed E-state index contributed by atoms with van der Waals surface area (Å²) in [5, 5.41) is 0.526. The summed E-state index contributed by atoms with van der Waals surface area (Å²) in [5.74, 6) is -0.386. The maximum atomic E-state index is 12.8. The first-order chi connectivity index (χ1) is 11.1. The number of aromatic nitrogens is 2. The Hall–Kier alpha value is -2.79. The minimum absolute atomic E-state index is 0.241. The van der Waals surface area contributed by atoms with E-state index >= 15 is 0 Å². The Morgan fingerprint density at radius 1 is 1.09 bits per heavy atom. The lowest BCUT2D eigenvalue weighted by molar-refractivity contribution is -0.537. The van der Waals surface area contributed by atoms with E-state index < -0.39 is 6.03 Å². The quantitative estimate of drug-likeness (QED) is 0.646. The molecule has 1 aromatic heterocycles. The van der Waals surface area contributed by atoms with Crippen LogP contribution in [0.25, 0.3) is 11.0 Å². The zero-order valence-corrected chi connectivity index (χ0v) is 12.9. The van der Waals surface area contributed by atoms with Crippen molar-refractivity contribution in [3.8, 4) is 0 Å². The van der Waals surface area contributed by atoms with E-state index in [1.807, 2.05) is 19.1 Å². The Bertz CT molecular complexity index is 983. The molecule has 0 atom stereocenters. The zero-order valence-electron chi connectivity index (χ0n) is 12.2. The van der Waals surface area contributed by atoms with Crippen LogP contribution in [-0.4, -0.2) is 16.9 Å². The van der Waals surface area contributed by atoms with Gasteiger partial charge in [-0.1, -0.05) is 29.3 Å². The molecule has 23 heavy (non-hydrogen) atoms. The molecule has 0 saturated carbocycles. The van der Waals surface area contributed by atoms with Crippen LogP contribution in [0.15, 0.2) is 48.7 Å². The van der Waals surface area contributed by atoms with Gasteiger partial charge in [-0.15, -0.1) is 9.47 Å². The first-order valence-corrected chi connectivity index (χ1v) is 7.40. The Labute approximate surface area is 136 Å². The molecule has 5 nitrogen and oxygen atoms in total. The van der Waals surface area contributed by atoms with Crippen LogP contribution in [0.3, 0.4) is 0 Å². The molecule has 0 N–H and O–H groups in total. The van der Waals surface area contributed by atoms with E-state index in [1.165, 1.54) is 10.8 Å². The van der Waals surface area contributed by atoms with Crippen LogP contribution in [0.5, 0.6) is 0 Å². The summed E-state index contributed by atoms with van der Waals surface area (Å²) in [5.41, 5.74) is 2.95. The predicted octanol–water partition coefficient (Wildman–Crippen LogP) is 3.11. The molecule has 1 aliphatic rings. The molecule has 2 amide bonds. The van der Waals surface area contributed by atoms with E-state index in [1.54, 1.807) is 30.3 Å². The third-order valence-corrected chi connectivity index (χ3v) is 4.08. The molecular weight excluding hydrogens is 314 g/mol. The van der Waals surface area contributed by atoms with Crippen molar-refractivity contribution in [2.75, 3.05) is 4.90 Å². The summed E-state index contributed by atoms with van der Waals surface area (Å²) >= 11 is 5.96. The van der Waals surface area contributed by atoms with Crippen LogP contribution in [0, 0.1) is 6.92 Å². The van der Waals surface area contributed by atoms with Crippen molar-refractivity contribution in [3.63, 3.8) is 0 Å². The van der Waals surface area contributed by atoms with E-state index in [0.717, 1.165) is 10.5 Å². The minimum Gasteiger partial charge on any atom is -0.248 e. The Morgan fingerprint density at radius 3 is 2.57 bits per heavy atom. The van der Waals surface area contributed by atoms with Gasteiger partial charge in [0, 0.05) is 5.02 Å². The smallest absolute Gasteiger partial charge is 0.248 e. The zero-order chi connectivity index (χ0) is 16.1. The predicted molar refractivity (Wildman–Crippen MR) is 85.7 cm³/mol. The lowest BCUT2D eigenvalue weighted by Gasteiger charge is -2.04. The third kappa shape index (κ3) is 2.01. The molecule has 0 fully saturated rings. The second-order valence-corrected chi connectivity index (χ2v) is 5.81. The van der Waals surface area contributed by atoms with Crippen molar-refractivity contribution < 1.29 is 14.2 Å². The highest BCUT2D eigenvalue weighted by Crippen LogP contribution is 2.23. The molecule has 0 radical (unpaired) electrons. The maximum Gasteiger partial charge on any atom is 0.512 e. The number of hydrogen-bond acceptors (Lipinski definition) is 3. The van der Waals surface area contributed by atoms with E-state index in [2.05, 4.69) is 4.98 Å². The number of carbonyl (C=O) groups is 2. The highest BCUT2D eigenvalue weighted by Gasteiger charge is 2.48. The summed E-state index contributed by atoms with van der Waals surface area (Å²) in [4.78, 5) is 30.8. The monoisotopic (exact) mass is 324 g/mol. The molecular formula is C17H11ClN3O2+. The van der Waals surface area contributed by atoms with Crippen molar-refractivity contribution in [2.45, 2.75) is 6.92 Å². The average Bonchev–Trinajstić information content (AvgIpc) is 2.80. The number of amides is 2. The van der Waals surface area contributed by atoms with Gasteiger partial charge in [-0.2, -0.15) is 4.79 Å². The van der Waals surface area contributed by atoms with Gasteiger partial charge in [-0.3, -0.25) is 0 Å². The summed E-state index contributed by atoms with van der Waals surface area (Å²) in [6, 6.07) is 11.8. The molecule has 0 saturated heterocycles. The molecule has 2 aromatic carbocycles. The van der Waals surface area contributed by atoms with Gasteiger partial charge in [0.25, 0.3) is 0 Å². The van der Waals surface area contributed by atoms with Crippen LogP contribution in [0.2, 0.25) is 5.02 Å². The van der Waals surface area contributed by atoms with Gasteiger partial charge in [0.2, 0.25) is 5.69 Å². The van der Waals surface area contributed by atoms with Crippen molar-refractivity contribution >= 4 is 40.3 Å². The van der Waals surface area contributed by atoms with E-state index in [0.29, 0.717) is 21.7 Å². The number of nitrogens with zero attached hydrogens (tertiary/aromatic N) is 3. The number of carbonyl (C=O) groups excluding carboxylic acids is 2. The van der Waals surface area contributed by atoms with Crippen LogP contribution >= 0.6 is 11.6 Å². The molecule has 112 valence electrons. The maximum absolute atomic E-state index is 12.8. The van der Waals surface area contributed by atoms with Crippen LogP contribution < -0.4 is 9.47 Å². The van der Waals surface area contributed by atoms with Crippen LogP contribution in [0.1, 0.15) is 16.1 Å². The van der Waals surface area contributed by atoms with Gasteiger partial charge >= 0.3 is 11.9 Å². The fourth-order valence-electron chi connectivity index (χ4n) is 2.69. The number of rotatable bonds is 1. The molecule has 0 bridgehead atoms. The fourth-order valence-corrected chi connectivity index (χ4v) is 2.85. The SMILES string of the molecule is Cc1ccc(N2C(=O)c3cnc4cc(Cl)ccc4[n+]3C2=O)cc1. The second kappa shape index (κ2) is 4.86. The number of hydrogen-bond donors (Lipinski definition) is 0. The summed E-state index contributed by atoms with van der Waals surface area (Å²) in [7, 11) is 0. The average molecular weight is 325 g/mol. The molecule has 0 spiro atoms. The highest BCUT2D eigenvalue weighted by molar-refractivity contribution is 6.31. The summed E-state index contributed by atoms with van der Waals surface area (Å²) < 4.78 is 1.38. The van der Waals surface area contributed by atoms with Gasteiger partial charge in [0.15, 0.2) is 5.52 Å². The molecule has 0 aliphatic carbocycles. The minimum atomic E-state index is -0.413. The van der Waals surface area contributed by atoms with Crippen molar-refractivity contribution in [1.82, 2.24) is 4.98 Å². The van der Waals surface area contributed by atoms with E-state index in [4.69, 9.17) is 11.6 Å². The first kappa shape index (κ1) is 13.8. The fraction of sp³-hybridized carbons (Fsp3) is 0.0588. The van der Waals surface area contributed by atoms with Crippen LogP contribution in [0.4, 0.5) is 10.5 Å². The van der Waals surface area contributed by atoms with Crippen molar-refractivity contribution in [3.05, 3.63) is 64.9 Å². The standard InChI is InChI=1S/C17H11ClN3O2/c1-10-2-5-12(6-3-10)20-16(22)15-9-19-13-8-11(18)4-7-14(13)21(15)17(20)23/h2-9H,1H3/q+1. The number of anilines is 1. The van der Waals surface area contributed by atoms with Gasteiger partial charge in [-0.05, 0) is 37.3 Å². The number of fused-ring (bicyclic) bond motifs is 3. The normalized spacial score (nSPS) is 13.7. The summed E-state index contributed by atoms with van der Waals surface area (Å²) in [6.45, 7) is 1.95. The largest absolute Gasteiger partial charge is 0.512 e. The second-order valence-electron chi connectivity index (χ2n) is 5.37. The van der Waals surface area contributed by atoms with E-state index in [9.17, 15) is 9.59 Å². The van der Waals surface area contributed by atoms with Gasteiger partial charge < -0.3 is 0 Å². The Balaban J connectivity index is 1.92. The number of aryl methyl sites for hydroxylation is 1. The Morgan fingerprint density at radius 2 is 1.83 bits per heavy atom. The van der Waals surface area contributed by atoms with Gasteiger partial charge in [-0.25, -0.2) is 9.78 Å². The number of benzene rings is 2. The van der Waals surface area contributed by atoms with Crippen molar-refractivity contribution in [1.29, 1.82) is 0 Å². The Kier molecular flexibility index (Phi) is 2.92. The molecule has 0 unspecified atom stereocenters. The topological polar surface area (TPSA) is 54.2 Å². The molecule has 1 aliphatic heterocycles. The lowest BCUT2D eigenvalue weighted by atomic mass is 10.2. The first-order valence-electron chi connectivity index (χ1n) is 7.02. The number of halogens is 1. The molecule has 6 heteroatoms. The van der Waals surface area contributed by atoms with Crippen LogP contribution in [-0.2, 0) is 0 Å². The molecule has 2 heterocycles. The number of imide groups is 1. The highest BCUT2D eigenvalue weighted by atomic mass is 35.5. The van der Waals surface area contributed by atoms with E-state index in [-0.39, 0.29) is 11.6 Å². The third-order valence-electron chi connectivity index (χ3n) is 3.84. The van der Waals surface area contributed by atoms with Gasteiger partial charge in [0.1, 0.15) is 11.2 Å². The molecule has 4 rings (SSSR count). The van der Waals surface area contributed by atoms with Gasteiger partial charge in [0.05, 0.1) is 6.20 Å². The van der Waals surface area contributed by atoms with Crippen molar-refractivity contribution in [2.24, 2.45) is 0 Å². The molecule has 3 aromatic rings. The lowest BCUT2D eigenvalue weighted by Crippen LogP contribution is -2.46.